The van der Waals surface area contributed by atoms with Gasteiger partial charge in [-0.3, -0.25) is 4.79 Å². The van der Waals surface area contributed by atoms with E-state index in [0.717, 1.165) is 35.9 Å². The zero-order chi connectivity index (χ0) is 23.3. The molecule has 0 saturated carbocycles. The van der Waals surface area contributed by atoms with E-state index in [2.05, 4.69) is 49.9 Å². The van der Waals surface area contributed by atoms with Crippen LogP contribution in [0.1, 0.15) is 27.8 Å². The Hall–Kier alpha value is -2.63. The number of hydrogen-bond acceptors (Lipinski definition) is 3. The minimum atomic E-state index is -0.443. The SMILES string of the molecule is COc1cc(/C=C(\C#N)C(=O)Nc2ccc(C)c(C)c2)cc(I)c1Cc1ccccc1Br. The van der Waals surface area contributed by atoms with Gasteiger partial charge in [-0.1, -0.05) is 40.2 Å². The van der Waals surface area contributed by atoms with E-state index in [0.29, 0.717) is 17.9 Å². The number of rotatable bonds is 6. The average Bonchev–Trinajstić information content (AvgIpc) is 2.77. The van der Waals surface area contributed by atoms with Crippen LogP contribution in [0.25, 0.3) is 6.08 Å². The van der Waals surface area contributed by atoms with Crippen LogP contribution in [0.5, 0.6) is 5.75 Å². The van der Waals surface area contributed by atoms with Gasteiger partial charge in [0.1, 0.15) is 17.4 Å². The Kier molecular flexibility index (Phi) is 8.10. The third-order valence-corrected chi connectivity index (χ3v) is 6.90. The van der Waals surface area contributed by atoms with E-state index in [-0.39, 0.29) is 5.57 Å². The standard InChI is InChI=1S/C26H22BrIN2O2/c1-16-8-9-21(10-17(16)2)30-26(31)20(15-29)11-18-12-24(28)22(25(13-18)32-3)14-19-6-4-5-7-23(19)27/h4-13H,14H2,1-3H3,(H,30,31)/b20-11+. The quantitative estimate of drug-likeness (QED) is 0.192. The fourth-order valence-electron chi connectivity index (χ4n) is 3.23. The van der Waals surface area contributed by atoms with Gasteiger partial charge in [0.05, 0.1) is 7.11 Å². The number of carbonyl (C=O) groups excluding carboxylic acids is 1. The van der Waals surface area contributed by atoms with E-state index < -0.39 is 5.91 Å². The number of nitrogens with zero attached hydrogens (tertiary/aromatic N) is 1. The van der Waals surface area contributed by atoms with Crippen LogP contribution in [0, 0.1) is 28.7 Å². The topological polar surface area (TPSA) is 62.1 Å². The highest BCUT2D eigenvalue weighted by molar-refractivity contribution is 14.1. The van der Waals surface area contributed by atoms with Crippen LogP contribution >= 0.6 is 38.5 Å². The molecular weight excluding hydrogens is 579 g/mol. The number of anilines is 1. The van der Waals surface area contributed by atoms with E-state index >= 15 is 0 Å². The third-order valence-electron chi connectivity index (χ3n) is 5.16. The summed E-state index contributed by atoms with van der Waals surface area (Å²) in [6.07, 6.45) is 2.29. The number of carbonyl (C=O) groups is 1. The normalized spacial score (nSPS) is 11.1. The molecule has 32 heavy (non-hydrogen) atoms. The van der Waals surface area contributed by atoms with Crippen molar-refractivity contribution >= 4 is 56.2 Å². The molecule has 6 heteroatoms. The molecule has 162 valence electrons. The van der Waals surface area contributed by atoms with Gasteiger partial charge in [0, 0.05) is 25.7 Å². The molecule has 0 bridgehead atoms. The van der Waals surface area contributed by atoms with Gasteiger partial charge in [-0.2, -0.15) is 5.26 Å². The number of ether oxygens (including phenoxy) is 1. The first-order chi connectivity index (χ1) is 15.3. The minimum Gasteiger partial charge on any atom is -0.496 e. The molecule has 4 nitrogen and oxygen atoms in total. The summed E-state index contributed by atoms with van der Waals surface area (Å²) in [5.41, 5.74) is 5.84. The molecule has 0 aliphatic carbocycles. The number of hydrogen-bond donors (Lipinski definition) is 1. The summed E-state index contributed by atoms with van der Waals surface area (Å²) in [6.45, 7) is 3.99. The zero-order valence-electron chi connectivity index (χ0n) is 18.0. The molecule has 0 heterocycles. The predicted molar refractivity (Wildman–Crippen MR) is 141 cm³/mol. The number of halogens is 2. The number of methoxy groups -OCH3 is 1. The van der Waals surface area contributed by atoms with Crippen LogP contribution < -0.4 is 10.1 Å². The van der Waals surface area contributed by atoms with Gasteiger partial charge in [0.25, 0.3) is 5.91 Å². The van der Waals surface area contributed by atoms with Crippen molar-refractivity contribution in [1.82, 2.24) is 0 Å². The maximum Gasteiger partial charge on any atom is 0.266 e. The zero-order valence-corrected chi connectivity index (χ0v) is 21.7. The van der Waals surface area contributed by atoms with Crippen molar-refractivity contribution in [2.75, 3.05) is 12.4 Å². The molecule has 1 N–H and O–H groups in total. The Morgan fingerprint density at radius 1 is 1.16 bits per heavy atom. The molecule has 0 saturated heterocycles. The van der Waals surface area contributed by atoms with Crippen LogP contribution in [0.3, 0.4) is 0 Å². The molecular formula is C26H22BrIN2O2. The highest BCUT2D eigenvalue weighted by Gasteiger charge is 2.14. The fraction of sp³-hybridized carbons (Fsp3) is 0.154. The summed E-state index contributed by atoms with van der Waals surface area (Å²) < 4.78 is 7.68. The molecule has 0 aromatic heterocycles. The molecule has 0 unspecified atom stereocenters. The number of nitrogens with one attached hydrogen (secondary N) is 1. The lowest BCUT2D eigenvalue weighted by Crippen LogP contribution is -2.13. The van der Waals surface area contributed by atoms with Gasteiger partial charge in [0.2, 0.25) is 0 Å². The highest BCUT2D eigenvalue weighted by Crippen LogP contribution is 2.31. The monoisotopic (exact) mass is 600 g/mol. The number of benzene rings is 3. The van der Waals surface area contributed by atoms with Crippen molar-refractivity contribution in [3.8, 4) is 11.8 Å². The fourth-order valence-corrected chi connectivity index (χ4v) is 4.47. The predicted octanol–water partition coefficient (Wildman–Crippen LogP) is 6.82. The number of amides is 1. The average molecular weight is 601 g/mol. The van der Waals surface area contributed by atoms with E-state index in [1.165, 1.54) is 0 Å². The first-order valence-electron chi connectivity index (χ1n) is 9.92. The maximum atomic E-state index is 12.7. The Balaban J connectivity index is 1.89. The largest absolute Gasteiger partial charge is 0.496 e. The van der Waals surface area contributed by atoms with Crippen molar-refractivity contribution in [1.29, 1.82) is 5.26 Å². The lowest BCUT2D eigenvalue weighted by molar-refractivity contribution is -0.112. The first kappa shape index (κ1) is 24.0. The Labute approximate surface area is 210 Å². The van der Waals surface area contributed by atoms with E-state index in [9.17, 15) is 10.1 Å². The molecule has 1 amide bonds. The van der Waals surface area contributed by atoms with E-state index in [1.807, 2.05) is 68.4 Å². The van der Waals surface area contributed by atoms with Gasteiger partial charge in [-0.15, -0.1) is 0 Å². The van der Waals surface area contributed by atoms with Gasteiger partial charge < -0.3 is 10.1 Å². The summed E-state index contributed by atoms with van der Waals surface area (Å²) in [7, 11) is 1.63. The van der Waals surface area contributed by atoms with Crippen molar-refractivity contribution in [3.05, 3.63) is 96.0 Å². The molecule has 0 aliphatic heterocycles. The van der Waals surface area contributed by atoms with Crippen molar-refractivity contribution in [2.24, 2.45) is 0 Å². The Morgan fingerprint density at radius 3 is 2.56 bits per heavy atom. The highest BCUT2D eigenvalue weighted by atomic mass is 127. The Bertz CT molecular complexity index is 1250. The molecule has 3 rings (SSSR count). The second kappa shape index (κ2) is 10.8. The molecule has 3 aromatic rings. The van der Waals surface area contributed by atoms with Gasteiger partial charge >= 0.3 is 0 Å². The second-order valence-electron chi connectivity index (χ2n) is 7.37. The molecule has 0 atom stereocenters. The first-order valence-corrected chi connectivity index (χ1v) is 11.8. The van der Waals surface area contributed by atoms with Crippen LogP contribution in [0.15, 0.2) is 64.6 Å². The van der Waals surface area contributed by atoms with Crippen LogP contribution in [0.4, 0.5) is 5.69 Å². The summed E-state index contributed by atoms with van der Waals surface area (Å²) in [6, 6.07) is 19.6. The molecule has 0 spiro atoms. The Morgan fingerprint density at radius 2 is 1.91 bits per heavy atom. The third kappa shape index (κ3) is 5.78. The lowest BCUT2D eigenvalue weighted by Gasteiger charge is -2.13. The molecule has 3 aromatic carbocycles. The van der Waals surface area contributed by atoms with Gasteiger partial charge in [0.15, 0.2) is 0 Å². The number of aryl methyl sites for hydroxylation is 2. The molecule has 0 radical (unpaired) electrons. The van der Waals surface area contributed by atoms with Gasteiger partial charge in [-0.05, 0) is 95.1 Å². The summed E-state index contributed by atoms with van der Waals surface area (Å²) in [5, 5.41) is 12.4. The minimum absolute atomic E-state index is 0.0274. The summed E-state index contributed by atoms with van der Waals surface area (Å²) in [4.78, 5) is 12.7. The maximum absolute atomic E-state index is 12.7. The summed E-state index contributed by atoms with van der Waals surface area (Å²) in [5.74, 6) is 0.271. The summed E-state index contributed by atoms with van der Waals surface area (Å²) >= 11 is 5.87. The van der Waals surface area contributed by atoms with Crippen molar-refractivity contribution < 1.29 is 9.53 Å². The molecule has 0 aliphatic rings. The van der Waals surface area contributed by atoms with Crippen molar-refractivity contribution in [2.45, 2.75) is 20.3 Å². The lowest BCUT2D eigenvalue weighted by atomic mass is 10.0. The smallest absolute Gasteiger partial charge is 0.266 e. The molecule has 0 fully saturated rings. The van der Waals surface area contributed by atoms with E-state index in [4.69, 9.17) is 4.74 Å². The van der Waals surface area contributed by atoms with Crippen LogP contribution in [0.2, 0.25) is 0 Å². The van der Waals surface area contributed by atoms with E-state index in [1.54, 1.807) is 13.2 Å². The van der Waals surface area contributed by atoms with Gasteiger partial charge in [-0.25, -0.2) is 0 Å². The van der Waals surface area contributed by atoms with Crippen molar-refractivity contribution in [3.63, 3.8) is 0 Å². The number of nitriles is 1. The second-order valence-corrected chi connectivity index (χ2v) is 9.39. The van der Waals surface area contributed by atoms with Crippen LogP contribution in [-0.4, -0.2) is 13.0 Å². The van der Waals surface area contributed by atoms with Crippen LogP contribution in [-0.2, 0) is 11.2 Å².